The van der Waals surface area contributed by atoms with E-state index in [0.29, 0.717) is 6.04 Å². The predicted molar refractivity (Wildman–Crippen MR) is 62.7 cm³/mol. The van der Waals surface area contributed by atoms with Crippen LogP contribution in [0.15, 0.2) is 12.7 Å². The van der Waals surface area contributed by atoms with Crippen molar-refractivity contribution < 1.29 is 4.79 Å². The third kappa shape index (κ3) is 3.06. The molecular weight excluding hydrogens is 188 g/mol. The Hall–Kier alpha value is -0.830. The molecule has 86 valence electrons. The molecule has 0 saturated carbocycles. The zero-order valence-corrected chi connectivity index (χ0v) is 10.1. The Bertz CT molecular complexity index is 230. The standard InChI is InChI=1S/C12H22N2O/c1-5-12(15)14(10(2)3)11-6-8-13(4)9-7-11/h5,10-11H,1,6-9H2,2-4H3. The van der Waals surface area contributed by atoms with Gasteiger partial charge in [0, 0.05) is 12.1 Å². The highest BCUT2D eigenvalue weighted by Crippen LogP contribution is 2.18. The minimum atomic E-state index is 0.0690. The second-order valence-electron chi connectivity index (χ2n) is 4.58. The van der Waals surface area contributed by atoms with Crippen molar-refractivity contribution in [2.24, 2.45) is 0 Å². The van der Waals surface area contributed by atoms with Gasteiger partial charge in [0.1, 0.15) is 0 Å². The van der Waals surface area contributed by atoms with Gasteiger partial charge in [-0.05, 0) is 52.9 Å². The highest BCUT2D eigenvalue weighted by molar-refractivity contribution is 5.87. The molecule has 0 bridgehead atoms. The number of hydrogen-bond acceptors (Lipinski definition) is 2. The number of likely N-dealkylation sites (tertiary alicyclic amines) is 1. The molecule has 0 aliphatic carbocycles. The summed E-state index contributed by atoms with van der Waals surface area (Å²) in [6, 6.07) is 0.663. The lowest BCUT2D eigenvalue weighted by Gasteiger charge is -2.39. The van der Waals surface area contributed by atoms with E-state index in [2.05, 4.69) is 32.4 Å². The van der Waals surface area contributed by atoms with Crippen LogP contribution >= 0.6 is 0 Å². The SMILES string of the molecule is C=CC(=O)N(C(C)C)C1CCN(C)CC1. The molecule has 0 N–H and O–H groups in total. The highest BCUT2D eigenvalue weighted by Gasteiger charge is 2.27. The number of carbonyl (C=O) groups excluding carboxylic acids is 1. The fourth-order valence-electron chi connectivity index (χ4n) is 2.23. The van der Waals surface area contributed by atoms with Crippen molar-refractivity contribution in [3.8, 4) is 0 Å². The van der Waals surface area contributed by atoms with Gasteiger partial charge in [0.2, 0.25) is 5.91 Å². The van der Waals surface area contributed by atoms with Gasteiger partial charge in [0.05, 0.1) is 0 Å². The highest BCUT2D eigenvalue weighted by atomic mass is 16.2. The first-order valence-electron chi connectivity index (χ1n) is 5.69. The van der Waals surface area contributed by atoms with Gasteiger partial charge in [-0.3, -0.25) is 4.79 Å². The Labute approximate surface area is 92.7 Å². The first kappa shape index (κ1) is 12.2. The second-order valence-corrected chi connectivity index (χ2v) is 4.58. The van der Waals surface area contributed by atoms with E-state index >= 15 is 0 Å². The molecule has 3 heteroatoms. The van der Waals surface area contributed by atoms with Crippen LogP contribution in [-0.2, 0) is 4.79 Å². The van der Waals surface area contributed by atoms with Crippen molar-refractivity contribution in [1.29, 1.82) is 0 Å². The summed E-state index contributed by atoms with van der Waals surface area (Å²) in [7, 11) is 2.13. The summed E-state index contributed by atoms with van der Waals surface area (Å²) in [6.45, 7) is 9.87. The van der Waals surface area contributed by atoms with E-state index in [1.54, 1.807) is 0 Å². The summed E-state index contributed by atoms with van der Waals surface area (Å²) in [6.07, 6.45) is 3.58. The van der Waals surface area contributed by atoms with Gasteiger partial charge < -0.3 is 9.80 Å². The van der Waals surface area contributed by atoms with Crippen molar-refractivity contribution in [3.05, 3.63) is 12.7 Å². The molecular formula is C12H22N2O. The minimum absolute atomic E-state index is 0.0690. The first-order valence-corrected chi connectivity index (χ1v) is 5.69. The van der Waals surface area contributed by atoms with Gasteiger partial charge in [0.15, 0.2) is 0 Å². The molecule has 3 nitrogen and oxygen atoms in total. The average molecular weight is 210 g/mol. The number of amides is 1. The quantitative estimate of drug-likeness (QED) is 0.659. The Balaban J connectivity index is 2.64. The lowest BCUT2D eigenvalue weighted by atomic mass is 10.0. The third-order valence-corrected chi connectivity index (χ3v) is 3.07. The monoisotopic (exact) mass is 210 g/mol. The molecule has 1 saturated heterocycles. The molecule has 1 amide bonds. The van der Waals surface area contributed by atoms with Gasteiger partial charge in [0.25, 0.3) is 0 Å². The lowest BCUT2D eigenvalue weighted by molar-refractivity contribution is -0.131. The van der Waals surface area contributed by atoms with Gasteiger partial charge in [-0.15, -0.1) is 0 Å². The summed E-state index contributed by atoms with van der Waals surface area (Å²) in [4.78, 5) is 16.0. The van der Waals surface area contributed by atoms with Crippen LogP contribution in [0.5, 0.6) is 0 Å². The molecule has 1 aliphatic rings. The fourth-order valence-corrected chi connectivity index (χ4v) is 2.23. The summed E-state index contributed by atoms with van der Waals surface area (Å²) >= 11 is 0. The van der Waals surface area contributed by atoms with Crippen LogP contribution in [-0.4, -0.2) is 47.9 Å². The Morgan fingerprint density at radius 1 is 1.47 bits per heavy atom. The number of nitrogens with zero attached hydrogens (tertiary/aromatic N) is 2. The molecule has 0 atom stereocenters. The van der Waals surface area contributed by atoms with Crippen molar-refractivity contribution in [2.75, 3.05) is 20.1 Å². The minimum Gasteiger partial charge on any atom is -0.334 e. The molecule has 1 aliphatic heterocycles. The average Bonchev–Trinajstić information content (AvgIpc) is 2.20. The van der Waals surface area contributed by atoms with Crippen molar-refractivity contribution >= 4 is 5.91 Å². The molecule has 1 heterocycles. The van der Waals surface area contributed by atoms with Crippen LogP contribution < -0.4 is 0 Å². The van der Waals surface area contributed by atoms with E-state index in [1.165, 1.54) is 6.08 Å². The molecule has 0 aromatic carbocycles. The van der Waals surface area contributed by atoms with Crippen LogP contribution in [0.2, 0.25) is 0 Å². The predicted octanol–water partition coefficient (Wildman–Crippen LogP) is 1.50. The second kappa shape index (κ2) is 5.31. The molecule has 15 heavy (non-hydrogen) atoms. The van der Waals surface area contributed by atoms with Crippen molar-refractivity contribution in [3.63, 3.8) is 0 Å². The van der Waals surface area contributed by atoms with E-state index in [0.717, 1.165) is 25.9 Å². The van der Waals surface area contributed by atoms with Crippen LogP contribution in [0, 0.1) is 0 Å². The third-order valence-electron chi connectivity index (χ3n) is 3.07. The normalized spacial score (nSPS) is 19.2. The Kier molecular flexibility index (Phi) is 4.33. The van der Waals surface area contributed by atoms with Crippen LogP contribution in [0.1, 0.15) is 26.7 Å². The van der Waals surface area contributed by atoms with Crippen molar-refractivity contribution in [1.82, 2.24) is 9.80 Å². The van der Waals surface area contributed by atoms with Gasteiger partial charge in [-0.25, -0.2) is 0 Å². The maximum atomic E-state index is 11.7. The number of piperidine rings is 1. The molecule has 0 aromatic rings. The van der Waals surface area contributed by atoms with Crippen LogP contribution in [0.4, 0.5) is 0 Å². The largest absolute Gasteiger partial charge is 0.334 e. The summed E-state index contributed by atoms with van der Waals surface area (Å²) in [5, 5.41) is 0. The maximum absolute atomic E-state index is 11.7. The zero-order valence-electron chi connectivity index (χ0n) is 10.1. The molecule has 0 aromatic heterocycles. The molecule has 0 spiro atoms. The van der Waals surface area contributed by atoms with E-state index in [-0.39, 0.29) is 11.9 Å². The number of rotatable bonds is 3. The van der Waals surface area contributed by atoms with Gasteiger partial charge in [-0.2, -0.15) is 0 Å². The van der Waals surface area contributed by atoms with E-state index in [1.807, 2.05) is 4.90 Å². The van der Waals surface area contributed by atoms with Gasteiger partial charge in [-0.1, -0.05) is 6.58 Å². The van der Waals surface area contributed by atoms with E-state index in [9.17, 15) is 4.79 Å². The van der Waals surface area contributed by atoms with Crippen LogP contribution in [0.3, 0.4) is 0 Å². The number of carbonyl (C=O) groups is 1. The molecule has 0 unspecified atom stereocenters. The first-order chi connectivity index (χ1) is 7.06. The summed E-state index contributed by atoms with van der Waals surface area (Å²) in [5.41, 5.74) is 0. The Morgan fingerprint density at radius 2 is 2.00 bits per heavy atom. The topological polar surface area (TPSA) is 23.6 Å². The molecule has 0 radical (unpaired) electrons. The molecule has 1 fully saturated rings. The smallest absolute Gasteiger partial charge is 0.246 e. The summed E-state index contributed by atoms with van der Waals surface area (Å²) < 4.78 is 0. The molecule has 1 rings (SSSR count). The zero-order chi connectivity index (χ0) is 11.4. The lowest BCUT2D eigenvalue weighted by Crippen LogP contribution is -2.49. The number of hydrogen-bond donors (Lipinski definition) is 0. The van der Waals surface area contributed by atoms with Crippen molar-refractivity contribution in [2.45, 2.75) is 38.8 Å². The van der Waals surface area contributed by atoms with E-state index in [4.69, 9.17) is 0 Å². The summed E-state index contributed by atoms with van der Waals surface area (Å²) in [5.74, 6) is 0.0690. The Morgan fingerprint density at radius 3 is 2.40 bits per heavy atom. The van der Waals surface area contributed by atoms with Gasteiger partial charge >= 0.3 is 0 Å². The maximum Gasteiger partial charge on any atom is 0.246 e. The van der Waals surface area contributed by atoms with Crippen LogP contribution in [0.25, 0.3) is 0 Å². The fraction of sp³-hybridized carbons (Fsp3) is 0.750. The van der Waals surface area contributed by atoms with E-state index < -0.39 is 0 Å².